The minimum absolute atomic E-state index is 0.0495. The summed E-state index contributed by atoms with van der Waals surface area (Å²) in [6, 6.07) is 18.0. The van der Waals surface area contributed by atoms with Crippen molar-refractivity contribution in [2.45, 2.75) is 37.4 Å². The molecule has 0 radical (unpaired) electrons. The van der Waals surface area contributed by atoms with Crippen LogP contribution in [0.15, 0.2) is 78.9 Å². The molecule has 9 nitrogen and oxygen atoms in total. The number of aromatic hydroxyl groups is 2. The quantitative estimate of drug-likeness (QED) is 0.237. The van der Waals surface area contributed by atoms with E-state index in [0.29, 0.717) is 5.56 Å². The molecule has 0 saturated carbocycles. The molecule has 36 heavy (non-hydrogen) atoms. The molecule has 0 fully saturated rings. The minimum Gasteiger partial charge on any atom is -0.508 e. The van der Waals surface area contributed by atoms with Gasteiger partial charge in [0.05, 0.1) is 6.04 Å². The second-order valence-corrected chi connectivity index (χ2v) is 8.50. The summed E-state index contributed by atoms with van der Waals surface area (Å²) in [6.07, 6.45) is 0.301. The smallest absolute Gasteiger partial charge is 0.326 e. The summed E-state index contributed by atoms with van der Waals surface area (Å²) in [5, 5.41) is 33.8. The first-order chi connectivity index (χ1) is 17.2. The lowest BCUT2D eigenvalue weighted by molar-refractivity contribution is -0.142. The standard InChI is InChI=1S/C27H29N3O6/c28-22(14-18-6-10-20(31)11-7-18)25(33)29-23(15-19-8-12-21(32)13-9-19)26(34)30-24(27(35)36)16-17-4-2-1-3-5-17/h1-13,22-24,31-32H,14-16,28H2,(H,29,33)(H,30,34)(H,35,36). The van der Waals surface area contributed by atoms with Crippen molar-refractivity contribution < 1.29 is 29.7 Å². The summed E-state index contributed by atoms with van der Waals surface area (Å²) in [5.41, 5.74) is 8.18. The number of phenolic OH excluding ortho intramolecular Hbond substituents is 2. The van der Waals surface area contributed by atoms with Crippen LogP contribution in [0, 0.1) is 0 Å². The SMILES string of the molecule is NC(Cc1ccc(O)cc1)C(=O)NC(Cc1ccc(O)cc1)C(=O)NC(Cc1ccccc1)C(=O)O. The van der Waals surface area contributed by atoms with Crippen molar-refractivity contribution in [1.29, 1.82) is 0 Å². The predicted molar refractivity (Wildman–Crippen MR) is 133 cm³/mol. The van der Waals surface area contributed by atoms with Gasteiger partial charge in [0.15, 0.2) is 0 Å². The number of benzene rings is 3. The number of carboxylic acid groups (broad SMARTS) is 1. The number of aliphatic carboxylic acids is 1. The molecule has 0 aliphatic carbocycles. The van der Waals surface area contributed by atoms with E-state index in [1.165, 1.54) is 24.3 Å². The van der Waals surface area contributed by atoms with Crippen LogP contribution in [0.4, 0.5) is 0 Å². The molecule has 0 spiro atoms. The zero-order valence-corrected chi connectivity index (χ0v) is 19.5. The Morgan fingerprint density at radius 2 is 1.08 bits per heavy atom. The molecule has 0 bridgehead atoms. The van der Waals surface area contributed by atoms with Crippen LogP contribution in [-0.4, -0.2) is 51.2 Å². The highest BCUT2D eigenvalue weighted by Gasteiger charge is 2.28. The molecule has 9 heteroatoms. The maximum atomic E-state index is 13.2. The van der Waals surface area contributed by atoms with Crippen LogP contribution < -0.4 is 16.4 Å². The van der Waals surface area contributed by atoms with Gasteiger partial charge in [-0.15, -0.1) is 0 Å². The summed E-state index contributed by atoms with van der Waals surface area (Å²) in [7, 11) is 0. The Hall–Kier alpha value is -4.37. The van der Waals surface area contributed by atoms with Crippen molar-refractivity contribution in [1.82, 2.24) is 10.6 Å². The summed E-state index contributed by atoms with van der Waals surface area (Å²) >= 11 is 0. The number of phenols is 2. The van der Waals surface area contributed by atoms with Gasteiger partial charge in [0, 0.05) is 12.8 Å². The van der Waals surface area contributed by atoms with Gasteiger partial charge in [-0.05, 0) is 47.4 Å². The summed E-state index contributed by atoms with van der Waals surface area (Å²) in [4.78, 5) is 37.9. The third kappa shape index (κ3) is 7.85. The Kier molecular flexibility index (Phi) is 9.01. The lowest BCUT2D eigenvalue weighted by Gasteiger charge is -2.23. The number of rotatable bonds is 11. The van der Waals surface area contributed by atoms with Gasteiger partial charge >= 0.3 is 5.97 Å². The molecule has 3 atom stereocenters. The number of carbonyl (C=O) groups is 3. The fourth-order valence-corrected chi connectivity index (χ4v) is 3.66. The van der Waals surface area contributed by atoms with Crippen LogP contribution in [0.2, 0.25) is 0 Å². The van der Waals surface area contributed by atoms with Gasteiger partial charge in [0.2, 0.25) is 11.8 Å². The van der Waals surface area contributed by atoms with E-state index in [-0.39, 0.29) is 30.8 Å². The van der Waals surface area contributed by atoms with Gasteiger partial charge in [-0.2, -0.15) is 0 Å². The largest absolute Gasteiger partial charge is 0.508 e. The van der Waals surface area contributed by atoms with Gasteiger partial charge < -0.3 is 31.7 Å². The molecule has 3 aromatic carbocycles. The van der Waals surface area contributed by atoms with E-state index in [4.69, 9.17) is 5.73 Å². The number of carbonyl (C=O) groups excluding carboxylic acids is 2. The third-order valence-corrected chi connectivity index (χ3v) is 5.64. The molecule has 3 aromatic rings. The van der Waals surface area contributed by atoms with E-state index in [0.717, 1.165) is 11.1 Å². The van der Waals surface area contributed by atoms with Crippen LogP contribution in [0.25, 0.3) is 0 Å². The lowest BCUT2D eigenvalue weighted by atomic mass is 10.0. The van der Waals surface area contributed by atoms with Crippen molar-refractivity contribution in [2.24, 2.45) is 5.73 Å². The lowest BCUT2D eigenvalue weighted by Crippen LogP contribution is -2.55. The average molecular weight is 492 g/mol. The highest BCUT2D eigenvalue weighted by atomic mass is 16.4. The van der Waals surface area contributed by atoms with Crippen molar-refractivity contribution >= 4 is 17.8 Å². The molecule has 188 valence electrons. The maximum Gasteiger partial charge on any atom is 0.326 e. The fraction of sp³-hybridized carbons (Fsp3) is 0.222. The topological polar surface area (TPSA) is 162 Å². The van der Waals surface area contributed by atoms with Crippen LogP contribution in [0.5, 0.6) is 11.5 Å². The number of nitrogens with one attached hydrogen (secondary N) is 2. The first-order valence-corrected chi connectivity index (χ1v) is 11.4. The van der Waals surface area contributed by atoms with E-state index in [2.05, 4.69) is 10.6 Å². The van der Waals surface area contributed by atoms with Gasteiger partial charge in [0.1, 0.15) is 23.6 Å². The number of hydrogen-bond acceptors (Lipinski definition) is 6. The van der Waals surface area contributed by atoms with Crippen molar-refractivity contribution in [3.63, 3.8) is 0 Å². The van der Waals surface area contributed by atoms with Crippen LogP contribution in [0.3, 0.4) is 0 Å². The molecule has 7 N–H and O–H groups in total. The zero-order chi connectivity index (χ0) is 26.1. The first kappa shape index (κ1) is 26.2. The molecular weight excluding hydrogens is 462 g/mol. The van der Waals surface area contributed by atoms with Gasteiger partial charge in [-0.1, -0.05) is 54.6 Å². The number of nitrogens with two attached hydrogens (primary N) is 1. The molecule has 3 unspecified atom stereocenters. The van der Waals surface area contributed by atoms with E-state index < -0.39 is 35.9 Å². The molecule has 3 rings (SSSR count). The van der Waals surface area contributed by atoms with E-state index in [1.807, 2.05) is 6.07 Å². The minimum atomic E-state index is -1.20. The highest BCUT2D eigenvalue weighted by Crippen LogP contribution is 2.13. The van der Waals surface area contributed by atoms with E-state index in [9.17, 15) is 29.7 Å². The van der Waals surface area contributed by atoms with Crippen LogP contribution in [-0.2, 0) is 33.6 Å². The first-order valence-electron chi connectivity index (χ1n) is 11.4. The number of amides is 2. The molecule has 0 saturated heterocycles. The molecule has 0 aliphatic rings. The van der Waals surface area contributed by atoms with Crippen molar-refractivity contribution in [3.8, 4) is 11.5 Å². The second-order valence-electron chi connectivity index (χ2n) is 8.50. The summed E-state index contributed by atoms with van der Waals surface area (Å²) in [5.74, 6) is -2.32. The second kappa shape index (κ2) is 12.4. The summed E-state index contributed by atoms with van der Waals surface area (Å²) in [6.45, 7) is 0. The fourth-order valence-electron chi connectivity index (χ4n) is 3.66. The molecule has 0 aliphatic heterocycles. The van der Waals surface area contributed by atoms with Gasteiger partial charge in [-0.25, -0.2) is 4.79 Å². The number of hydrogen-bond donors (Lipinski definition) is 6. The average Bonchev–Trinajstić information content (AvgIpc) is 2.86. The molecule has 0 heterocycles. The van der Waals surface area contributed by atoms with Crippen LogP contribution in [0.1, 0.15) is 16.7 Å². The molecule has 2 amide bonds. The van der Waals surface area contributed by atoms with Crippen molar-refractivity contribution in [3.05, 3.63) is 95.6 Å². The van der Waals surface area contributed by atoms with E-state index >= 15 is 0 Å². The Balaban J connectivity index is 1.74. The third-order valence-electron chi connectivity index (χ3n) is 5.64. The maximum absolute atomic E-state index is 13.2. The van der Waals surface area contributed by atoms with Crippen molar-refractivity contribution in [2.75, 3.05) is 0 Å². The Labute approximate surface area is 208 Å². The monoisotopic (exact) mass is 491 g/mol. The Morgan fingerprint density at radius 3 is 1.61 bits per heavy atom. The Morgan fingerprint density at radius 1 is 0.639 bits per heavy atom. The highest BCUT2D eigenvalue weighted by molar-refractivity contribution is 5.92. The zero-order valence-electron chi connectivity index (χ0n) is 19.5. The summed E-state index contributed by atoms with van der Waals surface area (Å²) < 4.78 is 0. The van der Waals surface area contributed by atoms with Gasteiger partial charge in [0.25, 0.3) is 0 Å². The van der Waals surface area contributed by atoms with Gasteiger partial charge in [-0.3, -0.25) is 9.59 Å². The normalized spacial score (nSPS) is 13.2. The van der Waals surface area contributed by atoms with E-state index in [1.54, 1.807) is 48.5 Å². The Bertz CT molecular complexity index is 1170. The molecular formula is C27H29N3O6. The molecule has 0 aromatic heterocycles. The predicted octanol–water partition coefficient (Wildman–Crippen LogP) is 1.51. The number of carboxylic acids is 1. The van der Waals surface area contributed by atoms with Crippen LogP contribution >= 0.6 is 0 Å².